The summed E-state index contributed by atoms with van der Waals surface area (Å²) in [6.45, 7) is 5.01. The van der Waals surface area contributed by atoms with E-state index < -0.39 is 5.97 Å². The first-order valence-electron chi connectivity index (χ1n) is 5.44. The van der Waals surface area contributed by atoms with Crippen LogP contribution in [0.2, 0.25) is 0 Å². The molecule has 0 rings (SSSR count). The number of likely N-dealkylation sites (N-methyl/N-ethyl adjacent to an activating group) is 1. The summed E-state index contributed by atoms with van der Waals surface area (Å²) in [4.78, 5) is 12.4. The van der Waals surface area contributed by atoms with Crippen LogP contribution in [0.15, 0.2) is 0 Å². The lowest BCUT2D eigenvalue weighted by molar-refractivity contribution is -0.137. The van der Waals surface area contributed by atoms with E-state index >= 15 is 0 Å². The molecule has 4 nitrogen and oxygen atoms in total. The quantitative estimate of drug-likeness (QED) is 0.602. The van der Waals surface area contributed by atoms with E-state index in [0.29, 0.717) is 0 Å². The maximum atomic E-state index is 10.3. The van der Waals surface area contributed by atoms with Crippen molar-refractivity contribution in [1.29, 1.82) is 0 Å². The van der Waals surface area contributed by atoms with Crippen LogP contribution in [0.1, 0.15) is 39.5 Å². The molecule has 0 aromatic heterocycles. The summed E-state index contributed by atoms with van der Waals surface area (Å²) in [5.74, 6) is -0.723. The predicted octanol–water partition coefficient (Wildman–Crippen LogP) is 1.33. The van der Waals surface area contributed by atoms with Gasteiger partial charge in [-0.3, -0.25) is 9.69 Å². The van der Waals surface area contributed by atoms with Gasteiger partial charge in [0.05, 0.1) is 6.61 Å². The van der Waals surface area contributed by atoms with Crippen LogP contribution in [0.3, 0.4) is 0 Å². The molecular formula is C11H23NO3. The summed E-state index contributed by atoms with van der Waals surface area (Å²) >= 11 is 0. The Morgan fingerprint density at radius 1 is 1.27 bits per heavy atom. The largest absolute Gasteiger partial charge is 0.481 e. The number of carboxylic acid groups (broad SMARTS) is 1. The zero-order valence-corrected chi connectivity index (χ0v) is 9.99. The minimum absolute atomic E-state index is 0.138. The highest BCUT2D eigenvalue weighted by atomic mass is 16.4. The minimum atomic E-state index is -0.723. The Labute approximate surface area is 91.9 Å². The molecule has 0 aromatic rings. The molecule has 4 heteroatoms. The fourth-order valence-corrected chi connectivity index (χ4v) is 1.23. The number of hydrogen-bond acceptors (Lipinski definition) is 3. The van der Waals surface area contributed by atoms with Gasteiger partial charge in [0.1, 0.15) is 0 Å². The van der Waals surface area contributed by atoms with Crippen LogP contribution in [0, 0.1) is 0 Å². The van der Waals surface area contributed by atoms with E-state index in [4.69, 9.17) is 10.2 Å². The van der Waals surface area contributed by atoms with E-state index in [2.05, 4.69) is 4.90 Å². The fraction of sp³-hybridized carbons (Fsp3) is 0.909. The first-order chi connectivity index (χ1) is 6.90. The van der Waals surface area contributed by atoms with Gasteiger partial charge in [0.2, 0.25) is 0 Å². The molecule has 0 fully saturated rings. The van der Waals surface area contributed by atoms with Crippen molar-refractivity contribution in [3.8, 4) is 0 Å². The second-order valence-electron chi connectivity index (χ2n) is 4.60. The third kappa shape index (κ3) is 6.47. The summed E-state index contributed by atoms with van der Waals surface area (Å²) < 4.78 is 0. The van der Waals surface area contributed by atoms with Gasteiger partial charge in [-0.1, -0.05) is 6.42 Å². The number of nitrogens with zero attached hydrogens (tertiary/aromatic N) is 1. The van der Waals surface area contributed by atoms with Crippen LogP contribution in [0.4, 0.5) is 0 Å². The Morgan fingerprint density at radius 3 is 2.33 bits per heavy atom. The highest BCUT2D eigenvalue weighted by molar-refractivity contribution is 5.66. The van der Waals surface area contributed by atoms with Crippen molar-refractivity contribution in [2.24, 2.45) is 0 Å². The summed E-state index contributed by atoms with van der Waals surface area (Å²) in [5.41, 5.74) is -0.188. The number of carbonyl (C=O) groups is 1. The van der Waals surface area contributed by atoms with Crippen molar-refractivity contribution < 1.29 is 15.0 Å². The van der Waals surface area contributed by atoms with E-state index in [0.717, 1.165) is 25.8 Å². The molecule has 0 aliphatic rings. The number of aliphatic hydroxyl groups is 1. The molecular weight excluding hydrogens is 194 g/mol. The molecule has 0 unspecified atom stereocenters. The van der Waals surface area contributed by atoms with Gasteiger partial charge in [0.25, 0.3) is 0 Å². The molecule has 15 heavy (non-hydrogen) atoms. The number of hydrogen-bond donors (Lipinski definition) is 2. The highest BCUT2D eigenvalue weighted by Crippen LogP contribution is 2.12. The van der Waals surface area contributed by atoms with Crippen LogP contribution < -0.4 is 0 Å². The lowest BCUT2D eigenvalue weighted by atomic mass is 10.0. The standard InChI is InChI=1S/C11H23NO3/c1-11(2,9-13)12(3)8-6-4-5-7-10(14)15/h13H,4-9H2,1-3H3,(H,14,15). The molecule has 0 bridgehead atoms. The molecule has 0 aliphatic carbocycles. The van der Waals surface area contributed by atoms with Crippen LogP contribution in [-0.2, 0) is 4.79 Å². The van der Waals surface area contributed by atoms with Gasteiger partial charge < -0.3 is 10.2 Å². The molecule has 0 atom stereocenters. The summed E-state index contributed by atoms with van der Waals surface area (Å²) in [6, 6.07) is 0. The lowest BCUT2D eigenvalue weighted by Crippen LogP contribution is -2.44. The number of aliphatic hydroxyl groups excluding tert-OH is 1. The smallest absolute Gasteiger partial charge is 0.303 e. The zero-order valence-electron chi connectivity index (χ0n) is 9.99. The molecule has 0 aromatic carbocycles. The molecule has 0 heterocycles. The molecule has 0 amide bonds. The second-order valence-corrected chi connectivity index (χ2v) is 4.60. The summed E-state index contributed by atoms with van der Waals surface area (Å²) in [6.07, 6.45) is 2.90. The number of carboxylic acids is 1. The van der Waals surface area contributed by atoms with Crippen LogP contribution >= 0.6 is 0 Å². The molecule has 0 spiro atoms. The zero-order chi connectivity index (χ0) is 11.9. The van der Waals surface area contributed by atoms with Gasteiger partial charge >= 0.3 is 5.97 Å². The first-order valence-corrected chi connectivity index (χ1v) is 5.44. The highest BCUT2D eigenvalue weighted by Gasteiger charge is 2.21. The average Bonchev–Trinajstić information content (AvgIpc) is 2.16. The Bertz CT molecular complexity index is 192. The van der Waals surface area contributed by atoms with Gasteiger partial charge in [0.15, 0.2) is 0 Å². The van der Waals surface area contributed by atoms with E-state index in [1.165, 1.54) is 0 Å². The first kappa shape index (κ1) is 14.4. The van der Waals surface area contributed by atoms with Gasteiger partial charge in [-0.05, 0) is 40.3 Å². The third-order valence-electron chi connectivity index (χ3n) is 2.80. The maximum absolute atomic E-state index is 10.3. The molecule has 0 saturated carbocycles. The topological polar surface area (TPSA) is 60.8 Å². The average molecular weight is 217 g/mol. The van der Waals surface area contributed by atoms with Crippen LogP contribution in [-0.4, -0.2) is 46.8 Å². The van der Waals surface area contributed by atoms with Gasteiger partial charge in [-0.25, -0.2) is 0 Å². The number of unbranched alkanes of at least 4 members (excludes halogenated alkanes) is 2. The molecule has 0 aliphatic heterocycles. The van der Waals surface area contributed by atoms with Crippen LogP contribution in [0.5, 0.6) is 0 Å². The van der Waals surface area contributed by atoms with E-state index in [1.54, 1.807) is 0 Å². The molecule has 0 saturated heterocycles. The van der Waals surface area contributed by atoms with E-state index in [1.807, 2.05) is 20.9 Å². The second kappa shape index (κ2) is 6.80. The normalized spacial score (nSPS) is 12.1. The Kier molecular flexibility index (Phi) is 6.52. The molecule has 90 valence electrons. The number of rotatable bonds is 8. The van der Waals surface area contributed by atoms with Crippen molar-refractivity contribution in [3.05, 3.63) is 0 Å². The van der Waals surface area contributed by atoms with Crippen molar-refractivity contribution in [2.75, 3.05) is 20.2 Å². The van der Waals surface area contributed by atoms with Crippen molar-refractivity contribution in [2.45, 2.75) is 45.1 Å². The predicted molar refractivity (Wildman–Crippen MR) is 59.9 cm³/mol. The number of aliphatic carboxylic acids is 1. The summed E-state index contributed by atoms with van der Waals surface area (Å²) in [7, 11) is 1.98. The molecule has 0 radical (unpaired) electrons. The van der Waals surface area contributed by atoms with Crippen molar-refractivity contribution in [1.82, 2.24) is 4.90 Å². The van der Waals surface area contributed by atoms with Crippen molar-refractivity contribution >= 4 is 5.97 Å². The summed E-state index contributed by atoms with van der Waals surface area (Å²) in [5, 5.41) is 17.6. The van der Waals surface area contributed by atoms with Gasteiger partial charge in [-0.15, -0.1) is 0 Å². The Morgan fingerprint density at radius 2 is 1.87 bits per heavy atom. The monoisotopic (exact) mass is 217 g/mol. The maximum Gasteiger partial charge on any atom is 0.303 e. The fourth-order valence-electron chi connectivity index (χ4n) is 1.23. The van der Waals surface area contributed by atoms with E-state index in [-0.39, 0.29) is 18.6 Å². The SMILES string of the molecule is CN(CCCCCC(=O)O)C(C)(C)CO. The van der Waals surface area contributed by atoms with Crippen LogP contribution in [0.25, 0.3) is 0 Å². The van der Waals surface area contributed by atoms with Gasteiger partial charge in [-0.2, -0.15) is 0 Å². The van der Waals surface area contributed by atoms with Gasteiger partial charge in [0, 0.05) is 12.0 Å². The van der Waals surface area contributed by atoms with Crippen molar-refractivity contribution in [3.63, 3.8) is 0 Å². The molecule has 2 N–H and O–H groups in total. The lowest BCUT2D eigenvalue weighted by Gasteiger charge is -2.33. The van der Waals surface area contributed by atoms with E-state index in [9.17, 15) is 4.79 Å². The third-order valence-corrected chi connectivity index (χ3v) is 2.80. The minimum Gasteiger partial charge on any atom is -0.481 e. The Balaban J connectivity index is 3.55. The Hall–Kier alpha value is -0.610.